The van der Waals surface area contributed by atoms with E-state index >= 15 is 0 Å². The molecule has 5 heteroatoms. The predicted molar refractivity (Wildman–Crippen MR) is 111 cm³/mol. The maximum absolute atomic E-state index is 9.32. The van der Waals surface area contributed by atoms with E-state index in [0.717, 1.165) is 32.2 Å². The Balaban J connectivity index is 1.74. The average Bonchev–Trinajstić information content (AvgIpc) is 3.20. The number of rotatable bonds is 9. The van der Waals surface area contributed by atoms with Crippen molar-refractivity contribution in [3.05, 3.63) is 48.0 Å². The van der Waals surface area contributed by atoms with Crippen LogP contribution in [0.2, 0.25) is 0 Å². The Bertz CT molecular complexity index is 697. The van der Waals surface area contributed by atoms with Gasteiger partial charge < -0.3 is 9.84 Å². The van der Waals surface area contributed by atoms with Gasteiger partial charge in [0.05, 0.1) is 19.3 Å². The fourth-order valence-electron chi connectivity index (χ4n) is 4.71. The number of aliphatic hydroxyl groups is 1. The highest BCUT2D eigenvalue weighted by Crippen LogP contribution is 2.46. The Morgan fingerprint density at radius 2 is 1.96 bits per heavy atom. The summed E-state index contributed by atoms with van der Waals surface area (Å²) in [4.78, 5) is 4.12. The largest absolute Gasteiger partial charge is 0.394 e. The lowest BCUT2D eigenvalue weighted by Crippen LogP contribution is -2.48. The molecule has 0 unspecified atom stereocenters. The number of aliphatic hydroxyl groups excluding tert-OH is 1. The van der Waals surface area contributed by atoms with Crippen molar-refractivity contribution in [3.8, 4) is 0 Å². The van der Waals surface area contributed by atoms with E-state index in [1.807, 2.05) is 4.68 Å². The molecular weight excluding hydrogens is 350 g/mol. The number of hydrogen-bond acceptors (Lipinski definition) is 4. The van der Waals surface area contributed by atoms with E-state index in [-0.39, 0.29) is 18.1 Å². The molecule has 1 aliphatic rings. The number of aryl methyl sites for hydroxylation is 2. The van der Waals surface area contributed by atoms with Crippen LogP contribution in [0.15, 0.2) is 36.9 Å². The van der Waals surface area contributed by atoms with Gasteiger partial charge in [-0.25, -0.2) is 4.98 Å². The van der Waals surface area contributed by atoms with Gasteiger partial charge in [0.1, 0.15) is 12.7 Å². The van der Waals surface area contributed by atoms with Crippen molar-refractivity contribution in [2.75, 3.05) is 13.2 Å². The lowest BCUT2D eigenvalue weighted by molar-refractivity contribution is -0.118. The van der Waals surface area contributed by atoms with Crippen molar-refractivity contribution in [1.29, 1.82) is 0 Å². The number of hydrogen-bond donors (Lipinski definition) is 1. The summed E-state index contributed by atoms with van der Waals surface area (Å²) in [6.07, 6.45) is 9.20. The Kier molecular flexibility index (Phi) is 7.24. The van der Waals surface area contributed by atoms with E-state index in [1.54, 1.807) is 12.7 Å². The minimum absolute atomic E-state index is 0.0665. The van der Waals surface area contributed by atoms with Gasteiger partial charge in [-0.2, -0.15) is 5.10 Å². The summed E-state index contributed by atoms with van der Waals surface area (Å²) in [6, 6.07) is 9.05. The van der Waals surface area contributed by atoms with Gasteiger partial charge in [-0.05, 0) is 54.6 Å². The van der Waals surface area contributed by atoms with Crippen LogP contribution in [-0.4, -0.2) is 39.2 Å². The Labute approximate surface area is 169 Å². The van der Waals surface area contributed by atoms with Crippen LogP contribution in [0.1, 0.15) is 51.2 Å². The first kappa shape index (κ1) is 21.0. The van der Waals surface area contributed by atoms with Gasteiger partial charge in [-0.1, -0.05) is 45.0 Å². The summed E-state index contributed by atoms with van der Waals surface area (Å²) in [5.41, 5.74) is 2.90. The molecule has 154 valence electrons. The first-order chi connectivity index (χ1) is 13.5. The van der Waals surface area contributed by atoms with E-state index in [1.165, 1.54) is 17.5 Å². The molecule has 1 fully saturated rings. The number of benzene rings is 1. The summed E-state index contributed by atoms with van der Waals surface area (Å²) in [5, 5.41) is 13.7. The lowest BCUT2D eigenvalue weighted by Gasteiger charge is -2.47. The lowest BCUT2D eigenvalue weighted by atomic mass is 9.63. The summed E-state index contributed by atoms with van der Waals surface area (Å²) >= 11 is 0. The topological polar surface area (TPSA) is 60.2 Å². The van der Waals surface area contributed by atoms with Gasteiger partial charge in [-0.15, -0.1) is 0 Å². The Morgan fingerprint density at radius 1 is 1.21 bits per heavy atom. The first-order valence-corrected chi connectivity index (χ1v) is 10.7. The van der Waals surface area contributed by atoms with Crippen molar-refractivity contribution >= 4 is 0 Å². The molecule has 3 atom stereocenters. The zero-order chi connectivity index (χ0) is 20.0. The van der Waals surface area contributed by atoms with Crippen LogP contribution in [0.25, 0.3) is 0 Å². The highest BCUT2D eigenvalue weighted by Gasteiger charge is 2.44. The standard InChI is InChI=1S/C23H35N3O2/c1-4-18-5-7-19(8-6-18)9-10-20-11-12-23(2,3)22(28-14-13-27)21(20)15-26-17-24-16-25-26/h5-8,16-17,20-22,27H,4,9-15H2,1-3H3/t20-,21+,22+/m1/s1. The molecule has 0 amide bonds. The highest BCUT2D eigenvalue weighted by molar-refractivity contribution is 5.22. The van der Waals surface area contributed by atoms with Gasteiger partial charge in [0.15, 0.2) is 0 Å². The fraction of sp³-hybridized carbons (Fsp3) is 0.652. The molecule has 0 aliphatic heterocycles. The van der Waals surface area contributed by atoms with Crippen molar-refractivity contribution in [1.82, 2.24) is 14.8 Å². The molecule has 0 radical (unpaired) electrons. The number of nitrogens with zero attached hydrogens (tertiary/aromatic N) is 3. The fourth-order valence-corrected chi connectivity index (χ4v) is 4.71. The molecule has 1 aromatic carbocycles. The molecule has 3 rings (SSSR count). The summed E-state index contributed by atoms with van der Waals surface area (Å²) in [5.74, 6) is 0.943. The minimum atomic E-state index is 0.0665. The molecule has 2 aromatic rings. The third-order valence-corrected chi connectivity index (χ3v) is 6.41. The van der Waals surface area contributed by atoms with Crippen LogP contribution in [0.4, 0.5) is 0 Å². The van der Waals surface area contributed by atoms with Crippen LogP contribution in [0.5, 0.6) is 0 Å². The van der Waals surface area contributed by atoms with Gasteiger partial charge in [0, 0.05) is 12.5 Å². The first-order valence-electron chi connectivity index (χ1n) is 10.7. The third-order valence-electron chi connectivity index (χ3n) is 6.41. The van der Waals surface area contributed by atoms with Crippen molar-refractivity contribution in [2.45, 2.75) is 65.5 Å². The van der Waals surface area contributed by atoms with Crippen molar-refractivity contribution in [3.63, 3.8) is 0 Å². The molecule has 0 bridgehead atoms. The van der Waals surface area contributed by atoms with Gasteiger partial charge in [0.25, 0.3) is 0 Å². The smallest absolute Gasteiger partial charge is 0.137 e. The normalized spacial score (nSPS) is 24.4. The second kappa shape index (κ2) is 9.66. The Morgan fingerprint density at radius 3 is 2.61 bits per heavy atom. The van der Waals surface area contributed by atoms with E-state index in [2.05, 4.69) is 55.1 Å². The van der Waals surface area contributed by atoms with Gasteiger partial charge >= 0.3 is 0 Å². The quantitative estimate of drug-likeness (QED) is 0.711. The molecular formula is C23H35N3O2. The molecule has 1 aliphatic carbocycles. The number of ether oxygens (including phenoxy) is 1. The van der Waals surface area contributed by atoms with Crippen LogP contribution < -0.4 is 0 Å². The van der Waals surface area contributed by atoms with E-state index in [0.29, 0.717) is 18.4 Å². The summed E-state index contributed by atoms with van der Waals surface area (Å²) in [7, 11) is 0. The zero-order valence-electron chi connectivity index (χ0n) is 17.6. The molecule has 1 N–H and O–H groups in total. The van der Waals surface area contributed by atoms with E-state index in [4.69, 9.17) is 4.74 Å². The zero-order valence-corrected chi connectivity index (χ0v) is 17.6. The van der Waals surface area contributed by atoms with Crippen LogP contribution in [0, 0.1) is 17.3 Å². The average molecular weight is 386 g/mol. The molecule has 1 saturated carbocycles. The van der Waals surface area contributed by atoms with Crippen molar-refractivity contribution < 1.29 is 9.84 Å². The second-order valence-electron chi connectivity index (χ2n) is 8.79. The van der Waals surface area contributed by atoms with E-state index in [9.17, 15) is 5.11 Å². The molecule has 1 heterocycles. The molecule has 5 nitrogen and oxygen atoms in total. The molecule has 0 spiro atoms. The van der Waals surface area contributed by atoms with E-state index < -0.39 is 0 Å². The van der Waals surface area contributed by atoms with Crippen LogP contribution in [0.3, 0.4) is 0 Å². The van der Waals surface area contributed by atoms with Gasteiger partial charge in [0.2, 0.25) is 0 Å². The predicted octanol–water partition coefficient (Wildman–Crippen LogP) is 3.90. The molecule has 1 aromatic heterocycles. The SMILES string of the molecule is CCc1ccc(CC[C@@H]2CCC(C)(C)[C@@H](OCCO)[C@H]2Cn2cncn2)cc1. The Hall–Kier alpha value is -1.72. The highest BCUT2D eigenvalue weighted by atomic mass is 16.5. The molecule has 28 heavy (non-hydrogen) atoms. The molecule has 0 saturated heterocycles. The van der Waals surface area contributed by atoms with Crippen LogP contribution in [-0.2, 0) is 24.1 Å². The van der Waals surface area contributed by atoms with Crippen molar-refractivity contribution in [2.24, 2.45) is 17.3 Å². The minimum Gasteiger partial charge on any atom is -0.394 e. The number of aromatic nitrogens is 3. The van der Waals surface area contributed by atoms with Crippen LogP contribution >= 0.6 is 0 Å². The monoisotopic (exact) mass is 385 g/mol. The summed E-state index contributed by atoms with van der Waals surface area (Å²) < 4.78 is 8.14. The third kappa shape index (κ3) is 5.21. The second-order valence-corrected chi connectivity index (χ2v) is 8.79. The maximum Gasteiger partial charge on any atom is 0.137 e. The maximum atomic E-state index is 9.32. The summed E-state index contributed by atoms with van der Waals surface area (Å²) in [6.45, 7) is 8.06. The van der Waals surface area contributed by atoms with Gasteiger partial charge in [-0.3, -0.25) is 4.68 Å².